The van der Waals surface area contributed by atoms with Gasteiger partial charge in [-0.2, -0.15) is 0 Å². The quantitative estimate of drug-likeness (QED) is 0.0701. The highest BCUT2D eigenvalue weighted by molar-refractivity contribution is 6.77. The van der Waals surface area contributed by atoms with Crippen molar-refractivity contribution in [3.63, 3.8) is 0 Å². The molecule has 0 spiro atoms. The van der Waals surface area contributed by atoms with Gasteiger partial charge in [0.25, 0.3) is 0 Å². The Labute approximate surface area is 320 Å². The molecule has 7 nitrogen and oxygen atoms in total. The Kier molecular flexibility index (Phi) is 18.2. The van der Waals surface area contributed by atoms with E-state index in [0.29, 0.717) is 35.6 Å². The Hall–Kier alpha value is -1.63. The Morgan fingerprint density at radius 1 is 0.904 bits per heavy atom. The largest absolute Gasteiger partial charge is 0.497 e. The van der Waals surface area contributed by atoms with Crippen molar-refractivity contribution in [2.45, 2.75) is 181 Å². The van der Waals surface area contributed by atoms with Crippen molar-refractivity contribution >= 4 is 28.7 Å². The first-order valence-electron chi connectivity index (χ1n) is 19.9. The molecule has 0 unspecified atom stereocenters. The van der Waals surface area contributed by atoms with E-state index in [1.807, 2.05) is 51.3 Å². The van der Waals surface area contributed by atoms with Crippen LogP contribution in [0.5, 0.6) is 5.75 Å². The van der Waals surface area contributed by atoms with E-state index in [-0.39, 0.29) is 41.0 Å². The number of ether oxygens (including phenoxy) is 3. The van der Waals surface area contributed by atoms with E-state index in [2.05, 4.69) is 82.3 Å². The summed E-state index contributed by atoms with van der Waals surface area (Å²) in [5, 5.41) is -0.0291. The second-order valence-corrected chi connectivity index (χ2v) is 28.3. The van der Waals surface area contributed by atoms with Crippen LogP contribution >= 0.6 is 0 Å². The average Bonchev–Trinajstić information content (AvgIpc) is 3.07. The van der Waals surface area contributed by atoms with E-state index in [9.17, 15) is 9.59 Å². The number of hydrogen-bond acceptors (Lipinski definition) is 7. The number of carbonyl (C=O) groups is 2. The molecule has 0 amide bonds. The van der Waals surface area contributed by atoms with Gasteiger partial charge >= 0.3 is 0 Å². The number of ketones is 1. The van der Waals surface area contributed by atoms with Gasteiger partial charge in [0.2, 0.25) is 8.32 Å². The normalized spacial score (nSPS) is 21.7. The smallest absolute Gasteiger partial charge is 0.200 e. The summed E-state index contributed by atoms with van der Waals surface area (Å²) in [6.45, 7) is 31.3. The number of hydrogen-bond donors (Lipinski definition) is 0. The third kappa shape index (κ3) is 12.5. The maximum absolute atomic E-state index is 13.9. The molecule has 1 saturated carbocycles. The van der Waals surface area contributed by atoms with Gasteiger partial charge in [-0.3, -0.25) is 4.79 Å². The minimum Gasteiger partial charge on any atom is -0.497 e. The van der Waals surface area contributed by atoms with Crippen LogP contribution in [0, 0.1) is 17.8 Å². The summed E-state index contributed by atoms with van der Waals surface area (Å²) in [7, 11) is -0.729. The fraction of sp³-hybridized carbons (Fsp3) is 0.767. The molecule has 1 fully saturated rings. The van der Waals surface area contributed by atoms with Gasteiger partial charge in [-0.15, -0.1) is 0 Å². The first kappa shape index (κ1) is 46.5. The highest BCUT2D eigenvalue weighted by Crippen LogP contribution is 2.46. The molecule has 298 valence electrons. The van der Waals surface area contributed by atoms with Gasteiger partial charge in [0.05, 0.1) is 32.0 Å². The van der Waals surface area contributed by atoms with Crippen LogP contribution < -0.4 is 4.74 Å². The number of methoxy groups -OCH3 is 2. The lowest BCUT2D eigenvalue weighted by molar-refractivity contribution is -0.126. The minimum atomic E-state index is -2.18. The zero-order chi connectivity index (χ0) is 39.6. The molecule has 1 aromatic carbocycles. The number of Topliss-reactive ketones (excluding diaryl/α,β-unsaturated/α-hetero) is 1. The zero-order valence-corrected chi connectivity index (χ0v) is 37.8. The van der Waals surface area contributed by atoms with E-state index in [4.69, 9.17) is 23.1 Å². The van der Waals surface area contributed by atoms with Crippen molar-refractivity contribution in [3.05, 3.63) is 41.5 Å². The van der Waals surface area contributed by atoms with Gasteiger partial charge in [-0.05, 0) is 102 Å². The molecule has 0 radical (unpaired) electrons. The lowest BCUT2D eigenvalue weighted by Gasteiger charge is -2.48. The molecular weight excluding hydrogens is 685 g/mol. The summed E-state index contributed by atoms with van der Waals surface area (Å²) >= 11 is 0. The van der Waals surface area contributed by atoms with Crippen LogP contribution in [0.2, 0.25) is 34.8 Å². The van der Waals surface area contributed by atoms with E-state index < -0.39 is 22.7 Å². The number of aldehydes is 1. The summed E-state index contributed by atoms with van der Waals surface area (Å²) in [5.41, 5.74) is 3.40. The van der Waals surface area contributed by atoms with Crippen LogP contribution in [0.3, 0.4) is 0 Å². The van der Waals surface area contributed by atoms with Gasteiger partial charge in [0, 0.05) is 19.4 Å². The van der Waals surface area contributed by atoms with Crippen LogP contribution in [-0.4, -0.2) is 67.3 Å². The fourth-order valence-corrected chi connectivity index (χ4v) is 15.0. The average molecular weight is 761 g/mol. The van der Waals surface area contributed by atoms with Crippen LogP contribution in [0.4, 0.5) is 0 Å². The van der Waals surface area contributed by atoms with Crippen LogP contribution in [-0.2, 0) is 34.5 Å². The molecule has 2 rings (SSSR count). The van der Waals surface area contributed by atoms with Gasteiger partial charge in [-0.25, -0.2) is 0 Å². The summed E-state index contributed by atoms with van der Waals surface area (Å²) in [4.78, 5) is 26.1. The first-order valence-corrected chi connectivity index (χ1v) is 25.0. The molecule has 0 aliphatic heterocycles. The number of benzene rings is 1. The molecule has 0 N–H and O–H groups in total. The van der Waals surface area contributed by atoms with Crippen molar-refractivity contribution in [1.82, 2.24) is 0 Å². The van der Waals surface area contributed by atoms with Crippen LogP contribution in [0.25, 0.3) is 0 Å². The van der Waals surface area contributed by atoms with E-state index >= 15 is 0 Å². The van der Waals surface area contributed by atoms with Crippen molar-refractivity contribution in [1.29, 1.82) is 0 Å². The Balaban J connectivity index is 2.24. The number of rotatable bonds is 21. The molecule has 0 aromatic heterocycles. The number of carbonyl (C=O) groups excluding carboxylic acids is 2. The SMILES string of the molecule is COc1ccc(CO[C@@H](CC(=O)[C@H](C)/C=C(\C)[C@H](C=O)O[Si](C)(C)C(C)(C)C)[C@H](C)C[C@@H]2CC[C@@H](O[Si](C(C)C)(C(C)C)C(C)C)[C@H](OC)C2)cc1. The van der Waals surface area contributed by atoms with Crippen molar-refractivity contribution < 1.29 is 32.7 Å². The second-order valence-electron chi connectivity index (χ2n) is 18.1. The lowest BCUT2D eigenvalue weighted by Crippen LogP contribution is -2.53. The molecule has 9 heteroatoms. The first-order chi connectivity index (χ1) is 24.1. The summed E-state index contributed by atoms with van der Waals surface area (Å²) < 4.78 is 31.8. The van der Waals surface area contributed by atoms with E-state index in [1.54, 1.807) is 7.11 Å². The number of allylic oxidation sites excluding steroid dienone is 1. The highest BCUT2D eigenvalue weighted by atomic mass is 28.4. The predicted octanol–water partition coefficient (Wildman–Crippen LogP) is 11.1. The summed E-state index contributed by atoms with van der Waals surface area (Å²) in [6, 6.07) is 7.90. The Bertz CT molecular complexity index is 1250. The lowest BCUT2D eigenvalue weighted by atomic mass is 9.78. The molecule has 52 heavy (non-hydrogen) atoms. The molecule has 1 aromatic rings. The topological polar surface area (TPSA) is 80.3 Å². The van der Waals surface area contributed by atoms with Crippen molar-refractivity contribution in [2.75, 3.05) is 14.2 Å². The van der Waals surface area contributed by atoms with Gasteiger partial charge in [0.1, 0.15) is 17.6 Å². The monoisotopic (exact) mass is 761 g/mol. The fourth-order valence-electron chi connectivity index (χ4n) is 8.17. The third-order valence-corrected chi connectivity index (χ3v) is 23.0. The van der Waals surface area contributed by atoms with Crippen LogP contribution in [0.15, 0.2) is 35.9 Å². The molecule has 0 saturated heterocycles. The molecule has 1 aliphatic carbocycles. The maximum Gasteiger partial charge on any atom is 0.200 e. The summed E-state index contributed by atoms with van der Waals surface area (Å²) in [6.07, 6.45) is 6.31. The van der Waals surface area contributed by atoms with Crippen molar-refractivity contribution in [3.8, 4) is 5.75 Å². The third-order valence-electron chi connectivity index (χ3n) is 12.4. The molecular formula is C43H76O7Si2. The Morgan fingerprint density at radius 2 is 1.48 bits per heavy atom. The van der Waals surface area contributed by atoms with Gasteiger partial charge in [0.15, 0.2) is 14.6 Å². The highest BCUT2D eigenvalue weighted by Gasteiger charge is 2.48. The standard InChI is InChI=1S/C43H76O7Si2/c1-29(2)52(30(3)4,31(5)6)50-39-22-19-36(25-41(39)47-14)24-34(9)40(48-28-35-17-20-37(46-13)21-18-35)26-38(45)32(7)23-33(8)42(27-44)49-51(15,16)43(10,11)12/h17-18,20-21,23,27,29-32,34,36,39-42H,19,22,24-26,28H2,1-16H3/b33-23+/t32-,34-,36+,39-,40+,41-,42+/m1/s1. The van der Waals surface area contributed by atoms with Crippen molar-refractivity contribution in [2.24, 2.45) is 17.8 Å². The molecule has 0 heterocycles. The maximum atomic E-state index is 13.9. The second kappa shape index (κ2) is 20.3. The predicted molar refractivity (Wildman–Crippen MR) is 220 cm³/mol. The molecule has 0 bridgehead atoms. The minimum absolute atomic E-state index is 0.0291. The van der Waals surface area contributed by atoms with Gasteiger partial charge < -0.3 is 27.9 Å². The van der Waals surface area contributed by atoms with E-state index in [1.165, 1.54) is 0 Å². The van der Waals surface area contributed by atoms with E-state index in [0.717, 1.165) is 48.9 Å². The zero-order valence-electron chi connectivity index (χ0n) is 35.8. The molecule has 1 aliphatic rings. The Morgan fingerprint density at radius 3 is 1.96 bits per heavy atom. The molecule has 7 atom stereocenters. The summed E-state index contributed by atoms with van der Waals surface area (Å²) in [5.74, 6) is 1.14. The van der Waals surface area contributed by atoms with Crippen LogP contribution in [0.1, 0.15) is 121 Å². The van der Waals surface area contributed by atoms with Gasteiger partial charge in [-0.1, -0.05) is 94.4 Å².